The topological polar surface area (TPSA) is 67.5 Å². The molecule has 6 nitrogen and oxygen atoms in total. The second-order valence-electron chi connectivity index (χ2n) is 9.34. The van der Waals surface area contributed by atoms with Crippen molar-refractivity contribution in [1.82, 2.24) is 14.8 Å². The third-order valence-electron chi connectivity index (χ3n) is 7.33. The van der Waals surface area contributed by atoms with E-state index in [1.54, 1.807) is 6.26 Å². The van der Waals surface area contributed by atoms with Gasteiger partial charge in [0, 0.05) is 24.2 Å². The predicted molar refractivity (Wildman–Crippen MR) is 111 cm³/mol. The van der Waals surface area contributed by atoms with Gasteiger partial charge in [0.25, 0.3) is 5.91 Å². The number of rotatable bonds is 3. The first-order valence-electron chi connectivity index (χ1n) is 11.3. The minimum atomic E-state index is -0.882. The summed E-state index contributed by atoms with van der Waals surface area (Å²) in [6.45, 7) is 2.44. The molecule has 1 aliphatic heterocycles. The Morgan fingerprint density at radius 3 is 2.52 bits per heavy atom. The SMILES string of the molecule is CC1(C(=O)NC2CCCCC2)Cn2c(cc3occc32)C(=O)N1C1CCCCC1. The predicted octanol–water partition coefficient (Wildman–Crippen LogP) is 4.23. The molecular weight excluding hydrogens is 366 g/mol. The zero-order valence-electron chi connectivity index (χ0n) is 17.3. The maximum Gasteiger partial charge on any atom is 0.271 e. The molecule has 2 fully saturated rings. The van der Waals surface area contributed by atoms with E-state index >= 15 is 0 Å². The van der Waals surface area contributed by atoms with Crippen LogP contribution in [0.1, 0.15) is 81.6 Å². The Bertz CT molecular complexity index is 917. The van der Waals surface area contributed by atoms with Crippen molar-refractivity contribution in [2.75, 3.05) is 0 Å². The van der Waals surface area contributed by atoms with Gasteiger partial charge in [-0.1, -0.05) is 38.5 Å². The van der Waals surface area contributed by atoms with E-state index < -0.39 is 5.54 Å². The zero-order chi connectivity index (χ0) is 20.0. The normalized spacial score (nSPS) is 26.7. The van der Waals surface area contributed by atoms with Gasteiger partial charge in [0.15, 0.2) is 5.58 Å². The van der Waals surface area contributed by atoms with Crippen molar-refractivity contribution < 1.29 is 14.0 Å². The molecule has 0 radical (unpaired) electrons. The van der Waals surface area contributed by atoms with E-state index in [0.717, 1.165) is 44.0 Å². The smallest absolute Gasteiger partial charge is 0.271 e. The molecule has 3 aliphatic rings. The number of nitrogens with one attached hydrogen (secondary N) is 1. The number of hydrogen-bond donors (Lipinski definition) is 1. The Morgan fingerprint density at radius 2 is 1.79 bits per heavy atom. The number of amides is 2. The van der Waals surface area contributed by atoms with Gasteiger partial charge in [0.1, 0.15) is 11.2 Å². The second-order valence-corrected chi connectivity index (χ2v) is 9.34. The highest BCUT2D eigenvalue weighted by molar-refractivity contribution is 6.03. The van der Waals surface area contributed by atoms with Crippen molar-refractivity contribution in [2.24, 2.45) is 0 Å². The molecule has 1 unspecified atom stereocenters. The van der Waals surface area contributed by atoms with E-state index in [1.807, 2.05) is 28.5 Å². The van der Waals surface area contributed by atoms with Crippen molar-refractivity contribution >= 4 is 22.9 Å². The number of carbonyl (C=O) groups excluding carboxylic acids is 2. The summed E-state index contributed by atoms with van der Waals surface area (Å²) in [6, 6.07) is 4.10. The Kier molecular flexibility index (Phi) is 4.67. The molecule has 2 amide bonds. The van der Waals surface area contributed by atoms with Crippen molar-refractivity contribution in [3.05, 3.63) is 24.1 Å². The van der Waals surface area contributed by atoms with Gasteiger partial charge in [-0.2, -0.15) is 0 Å². The summed E-state index contributed by atoms with van der Waals surface area (Å²) in [6.07, 6.45) is 12.7. The summed E-state index contributed by atoms with van der Waals surface area (Å²) in [5, 5.41) is 3.31. The average molecular weight is 398 g/mol. The minimum Gasteiger partial charge on any atom is -0.463 e. The molecular formula is C23H31N3O3. The van der Waals surface area contributed by atoms with Crippen LogP contribution in [0.3, 0.4) is 0 Å². The van der Waals surface area contributed by atoms with Crippen molar-refractivity contribution in [3.8, 4) is 0 Å². The highest BCUT2D eigenvalue weighted by Gasteiger charge is 2.51. The first-order chi connectivity index (χ1) is 14.1. The maximum absolute atomic E-state index is 13.7. The van der Waals surface area contributed by atoms with E-state index in [0.29, 0.717) is 17.8 Å². The Morgan fingerprint density at radius 1 is 1.10 bits per heavy atom. The Hall–Kier alpha value is -2.24. The molecule has 0 saturated heterocycles. The second kappa shape index (κ2) is 7.22. The lowest BCUT2D eigenvalue weighted by Gasteiger charge is -2.49. The standard InChI is InChI=1S/C23H31N3O3/c1-23(22(28)24-16-8-4-2-5-9-16)15-25-18-12-13-29-20(18)14-19(25)21(27)26(23)17-10-6-3-7-11-17/h12-14,16-17H,2-11,15H2,1H3,(H,24,28). The maximum atomic E-state index is 13.7. The van der Waals surface area contributed by atoms with Gasteiger partial charge >= 0.3 is 0 Å². The average Bonchev–Trinajstić information content (AvgIpc) is 3.32. The van der Waals surface area contributed by atoms with Gasteiger partial charge in [-0.15, -0.1) is 0 Å². The van der Waals surface area contributed by atoms with E-state index in [4.69, 9.17) is 4.42 Å². The molecule has 156 valence electrons. The lowest BCUT2D eigenvalue weighted by Crippen LogP contribution is -2.67. The highest BCUT2D eigenvalue weighted by atomic mass is 16.3. The molecule has 0 aromatic carbocycles. The van der Waals surface area contributed by atoms with Crippen LogP contribution in [0.15, 0.2) is 22.8 Å². The number of carbonyl (C=O) groups is 2. The molecule has 1 N–H and O–H groups in total. The third kappa shape index (κ3) is 3.08. The minimum absolute atomic E-state index is 0.000631. The molecule has 2 aromatic rings. The summed E-state index contributed by atoms with van der Waals surface area (Å²) in [5.41, 5.74) is 1.38. The van der Waals surface area contributed by atoms with Crippen LogP contribution < -0.4 is 5.32 Å². The van der Waals surface area contributed by atoms with Gasteiger partial charge in [-0.05, 0) is 32.6 Å². The molecule has 6 heteroatoms. The number of nitrogens with zero attached hydrogens (tertiary/aromatic N) is 2. The number of fused-ring (bicyclic) bond motifs is 3. The molecule has 2 aliphatic carbocycles. The number of aromatic nitrogens is 1. The van der Waals surface area contributed by atoms with Crippen molar-refractivity contribution in [2.45, 2.75) is 95.3 Å². The van der Waals surface area contributed by atoms with Crippen LogP contribution in [0.2, 0.25) is 0 Å². The fourth-order valence-corrected chi connectivity index (χ4v) is 5.73. The van der Waals surface area contributed by atoms with E-state index in [2.05, 4.69) is 5.32 Å². The van der Waals surface area contributed by atoms with Crippen LogP contribution in [0.5, 0.6) is 0 Å². The van der Waals surface area contributed by atoms with Crippen molar-refractivity contribution in [1.29, 1.82) is 0 Å². The molecule has 0 bridgehead atoms. The van der Waals surface area contributed by atoms with Gasteiger partial charge in [-0.25, -0.2) is 0 Å². The lowest BCUT2D eigenvalue weighted by atomic mass is 9.86. The van der Waals surface area contributed by atoms with Crippen LogP contribution in [0, 0.1) is 0 Å². The highest BCUT2D eigenvalue weighted by Crippen LogP contribution is 2.37. The van der Waals surface area contributed by atoms with Gasteiger partial charge < -0.3 is 19.2 Å². The summed E-state index contributed by atoms with van der Waals surface area (Å²) in [4.78, 5) is 29.3. The zero-order valence-corrected chi connectivity index (χ0v) is 17.3. The summed E-state index contributed by atoms with van der Waals surface area (Å²) in [5.74, 6) is -0.0323. The quantitative estimate of drug-likeness (QED) is 0.843. The van der Waals surface area contributed by atoms with E-state index in [-0.39, 0.29) is 23.9 Å². The third-order valence-corrected chi connectivity index (χ3v) is 7.33. The molecule has 29 heavy (non-hydrogen) atoms. The van der Waals surface area contributed by atoms with Crippen LogP contribution >= 0.6 is 0 Å². The monoisotopic (exact) mass is 397 g/mol. The first kappa shape index (κ1) is 18.8. The molecule has 5 rings (SSSR count). The Labute approximate surface area is 171 Å². The number of hydrogen-bond acceptors (Lipinski definition) is 3. The lowest BCUT2D eigenvalue weighted by molar-refractivity contribution is -0.135. The van der Waals surface area contributed by atoms with Crippen LogP contribution in [0.25, 0.3) is 11.1 Å². The summed E-state index contributed by atoms with van der Waals surface area (Å²) < 4.78 is 7.54. The first-order valence-corrected chi connectivity index (χ1v) is 11.3. The fourth-order valence-electron chi connectivity index (χ4n) is 5.73. The molecule has 3 heterocycles. The van der Waals surface area contributed by atoms with Crippen LogP contribution in [0.4, 0.5) is 0 Å². The van der Waals surface area contributed by atoms with Gasteiger partial charge in [-0.3, -0.25) is 9.59 Å². The van der Waals surface area contributed by atoms with Gasteiger partial charge in [0.05, 0.1) is 18.3 Å². The fraction of sp³-hybridized carbons (Fsp3) is 0.652. The van der Waals surface area contributed by atoms with E-state index in [9.17, 15) is 9.59 Å². The van der Waals surface area contributed by atoms with Crippen molar-refractivity contribution in [3.63, 3.8) is 0 Å². The summed E-state index contributed by atoms with van der Waals surface area (Å²) in [7, 11) is 0. The van der Waals surface area contributed by atoms with Gasteiger partial charge in [0.2, 0.25) is 5.91 Å². The number of furan rings is 1. The molecule has 2 saturated carbocycles. The Balaban J connectivity index is 1.53. The summed E-state index contributed by atoms with van der Waals surface area (Å²) >= 11 is 0. The van der Waals surface area contributed by atoms with Crippen LogP contribution in [-0.4, -0.2) is 38.9 Å². The largest absolute Gasteiger partial charge is 0.463 e. The molecule has 1 atom stereocenters. The molecule has 0 spiro atoms. The van der Waals surface area contributed by atoms with E-state index in [1.165, 1.54) is 25.7 Å². The molecule has 2 aromatic heterocycles. The van der Waals surface area contributed by atoms with Crippen LogP contribution in [-0.2, 0) is 11.3 Å².